The van der Waals surface area contributed by atoms with Crippen molar-refractivity contribution >= 4 is 11.9 Å². The van der Waals surface area contributed by atoms with Crippen molar-refractivity contribution < 1.29 is 14.3 Å². The largest absolute Gasteiger partial charge is 0.393 e. The van der Waals surface area contributed by atoms with E-state index in [0.717, 1.165) is 19.3 Å². The van der Waals surface area contributed by atoms with E-state index >= 15 is 0 Å². The van der Waals surface area contributed by atoms with Gasteiger partial charge in [0.1, 0.15) is 0 Å². The Morgan fingerprint density at radius 3 is 2.00 bits per heavy atom. The highest BCUT2D eigenvalue weighted by molar-refractivity contribution is 5.97. The first-order valence-electron chi connectivity index (χ1n) is 4.53. The van der Waals surface area contributed by atoms with Gasteiger partial charge in [-0.25, -0.2) is 0 Å². The molecule has 12 heavy (non-hydrogen) atoms. The van der Waals surface area contributed by atoms with E-state index in [1.165, 1.54) is 0 Å². The summed E-state index contributed by atoms with van der Waals surface area (Å²) in [6.45, 7) is 0. The van der Waals surface area contributed by atoms with Crippen LogP contribution in [0.25, 0.3) is 0 Å². The van der Waals surface area contributed by atoms with Crippen molar-refractivity contribution in [1.29, 1.82) is 0 Å². The normalized spacial score (nSPS) is 49.7. The zero-order chi connectivity index (χ0) is 8.29. The third kappa shape index (κ3) is 0.586. The molecule has 3 fully saturated rings. The van der Waals surface area contributed by atoms with Gasteiger partial charge in [-0.1, -0.05) is 0 Å². The standard InChI is InChI=1S/C9H10O3/c10-8-6-4-1-2-5(3-4)7(6)9(11)12-8/h4-7H,1-3H2/t4-,5?,6-,7+/m0/s1. The van der Waals surface area contributed by atoms with Gasteiger partial charge in [0.2, 0.25) is 0 Å². The molecule has 1 aliphatic heterocycles. The fourth-order valence-corrected chi connectivity index (χ4v) is 3.20. The Bertz CT molecular complexity index is 245. The van der Waals surface area contributed by atoms with Gasteiger partial charge < -0.3 is 4.74 Å². The second-order valence-electron chi connectivity index (χ2n) is 4.12. The lowest BCUT2D eigenvalue weighted by Gasteiger charge is -2.17. The molecule has 3 heteroatoms. The zero-order valence-electron chi connectivity index (χ0n) is 6.66. The van der Waals surface area contributed by atoms with Gasteiger partial charge in [0.05, 0.1) is 11.8 Å². The van der Waals surface area contributed by atoms with Gasteiger partial charge >= 0.3 is 11.9 Å². The summed E-state index contributed by atoms with van der Waals surface area (Å²) in [5.41, 5.74) is 0. The Morgan fingerprint density at radius 2 is 1.50 bits per heavy atom. The second-order valence-corrected chi connectivity index (χ2v) is 4.12. The molecule has 2 saturated carbocycles. The molecule has 0 amide bonds. The minimum absolute atomic E-state index is 0.0590. The average molecular weight is 166 g/mol. The van der Waals surface area contributed by atoms with Crippen molar-refractivity contribution in [2.24, 2.45) is 23.7 Å². The van der Waals surface area contributed by atoms with E-state index in [-0.39, 0.29) is 23.8 Å². The van der Waals surface area contributed by atoms with Crippen LogP contribution >= 0.6 is 0 Å². The van der Waals surface area contributed by atoms with Crippen LogP contribution in [0, 0.1) is 23.7 Å². The summed E-state index contributed by atoms with van der Waals surface area (Å²) in [4.78, 5) is 22.4. The van der Waals surface area contributed by atoms with Gasteiger partial charge in [-0.05, 0) is 31.1 Å². The van der Waals surface area contributed by atoms with Crippen LogP contribution in [0.3, 0.4) is 0 Å². The first kappa shape index (κ1) is 6.63. The first-order chi connectivity index (χ1) is 5.77. The van der Waals surface area contributed by atoms with Crippen molar-refractivity contribution in [3.8, 4) is 0 Å². The highest BCUT2D eigenvalue weighted by atomic mass is 16.6. The van der Waals surface area contributed by atoms with E-state index in [2.05, 4.69) is 4.74 Å². The third-order valence-electron chi connectivity index (χ3n) is 3.66. The van der Waals surface area contributed by atoms with Gasteiger partial charge in [-0.3, -0.25) is 9.59 Å². The van der Waals surface area contributed by atoms with E-state index in [0.29, 0.717) is 11.8 Å². The Balaban J connectivity index is 2.03. The smallest absolute Gasteiger partial charge is 0.317 e. The zero-order valence-corrected chi connectivity index (χ0v) is 6.66. The maximum Gasteiger partial charge on any atom is 0.317 e. The lowest BCUT2D eigenvalue weighted by Crippen LogP contribution is -2.24. The SMILES string of the molecule is O=C1OC(=O)[C@@H]2C3CC[C@@H](C3)[C@H]12. The molecule has 0 N–H and O–H groups in total. The minimum atomic E-state index is -0.253. The van der Waals surface area contributed by atoms with Crippen LogP contribution < -0.4 is 0 Å². The molecule has 0 aromatic rings. The molecule has 4 atom stereocenters. The number of rotatable bonds is 0. The number of hydrogen-bond donors (Lipinski definition) is 0. The van der Waals surface area contributed by atoms with E-state index in [9.17, 15) is 9.59 Å². The summed E-state index contributed by atoms with van der Waals surface area (Å²) in [6.07, 6.45) is 3.32. The number of ether oxygens (including phenoxy) is 1. The molecule has 0 radical (unpaired) electrons. The van der Waals surface area contributed by atoms with Crippen LogP contribution in [0.1, 0.15) is 19.3 Å². The van der Waals surface area contributed by atoms with E-state index in [1.54, 1.807) is 0 Å². The van der Waals surface area contributed by atoms with Crippen LogP contribution in [0.4, 0.5) is 0 Å². The Kier molecular flexibility index (Phi) is 1.05. The first-order valence-corrected chi connectivity index (χ1v) is 4.53. The van der Waals surface area contributed by atoms with Crippen molar-refractivity contribution in [2.45, 2.75) is 19.3 Å². The molecule has 0 aromatic carbocycles. The molecular weight excluding hydrogens is 156 g/mol. The fraction of sp³-hybridized carbons (Fsp3) is 0.778. The summed E-state index contributed by atoms with van der Waals surface area (Å²) in [5.74, 6) is 0.291. The van der Waals surface area contributed by atoms with Crippen LogP contribution in [0.5, 0.6) is 0 Å². The number of esters is 2. The number of carbonyl (C=O) groups excluding carboxylic acids is 2. The molecule has 1 heterocycles. The molecule has 0 spiro atoms. The Morgan fingerprint density at radius 1 is 1.00 bits per heavy atom. The maximum atomic E-state index is 11.2. The Labute approximate surface area is 70.1 Å². The summed E-state index contributed by atoms with van der Waals surface area (Å²) < 4.78 is 4.63. The molecule has 0 aromatic heterocycles. The quantitative estimate of drug-likeness (QED) is 0.393. The summed E-state index contributed by atoms with van der Waals surface area (Å²) in [6, 6.07) is 0. The van der Waals surface area contributed by atoms with Gasteiger partial charge in [0.25, 0.3) is 0 Å². The lowest BCUT2D eigenvalue weighted by molar-refractivity contribution is -0.154. The fourth-order valence-electron chi connectivity index (χ4n) is 3.20. The monoisotopic (exact) mass is 166 g/mol. The second kappa shape index (κ2) is 1.90. The molecule has 1 saturated heterocycles. The van der Waals surface area contributed by atoms with Crippen LogP contribution in [-0.2, 0) is 14.3 Å². The molecule has 2 aliphatic carbocycles. The predicted octanol–water partition coefficient (Wildman–Crippen LogP) is 0.732. The van der Waals surface area contributed by atoms with E-state index in [4.69, 9.17) is 0 Å². The lowest BCUT2D eigenvalue weighted by atomic mass is 9.81. The van der Waals surface area contributed by atoms with Gasteiger partial charge in [-0.15, -0.1) is 0 Å². The maximum absolute atomic E-state index is 11.2. The summed E-state index contributed by atoms with van der Waals surface area (Å²) in [7, 11) is 0. The van der Waals surface area contributed by atoms with Crippen LogP contribution in [0.2, 0.25) is 0 Å². The molecule has 64 valence electrons. The van der Waals surface area contributed by atoms with Crippen molar-refractivity contribution in [3.63, 3.8) is 0 Å². The van der Waals surface area contributed by atoms with Gasteiger partial charge in [0, 0.05) is 0 Å². The number of fused-ring (bicyclic) bond motifs is 5. The molecule has 3 aliphatic rings. The van der Waals surface area contributed by atoms with E-state index in [1.807, 2.05) is 0 Å². The highest BCUT2D eigenvalue weighted by Crippen LogP contribution is 2.55. The van der Waals surface area contributed by atoms with E-state index < -0.39 is 0 Å². The van der Waals surface area contributed by atoms with Gasteiger partial charge in [0.15, 0.2) is 0 Å². The van der Waals surface area contributed by atoms with Crippen LogP contribution in [-0.4, -0.2) is 11.9 Å². The number of cyclic esters (lactones) is 2. The predicted molar refractivity (Wildman–Crippen MR) is 38.9 cm³/mol. The topological polar surface area (TPSA) is 43.4 Å². The number of carbonyl (C=O) groups is 2. The molecular formula is C9H10O3. The molecule has 3 rings (SSSR count). The highest BCUT2D eigenvalue weighted by Gasteiger charge is 2.59. The Hall–Kier alpha value is -0.860. The summed E-state index contributed by atoms with van der Waals surface area (Å²) in [5, 5.41) is 0. The summed E-state index contributed by atoms with van der Waals surface area (Å²) >= 11 is 0. The molecule has 3 nitrogen and oxygen atoms in total. The van der Waals surface area contributed by atoms with Crippen molar-refractivity contribution in [3.05, 3.63) is 0 Å². The van der Waals surface area contributed by atoms with Gasteiger partial charge in [-0.2, -0.15) is 0 Å². The third-order valence-corrected chi connectivity index (χ3v) is 3.66. The number of hydrogen-bond acceptors (Lipinski definition) is 3. The molecule has 1 unspecified atom stereocenters. The van der Waals surface area contributed by atoms with Crippen LogP contribution in [0.15, 0.2) is 0 Å². The molecule has 2 bridgehead atoms. The average Bonchev–Trinajstić information content (AvgIpc) is 2.64. The van der Waals surface area contributed by atoms with Crippen molar-refractivity contribution in [2.75, 3.05) is 0 Å². The minimum Gasteiger partial charge on any atom is -0.393 e. The van der Waals surface area contributed by atoms with Crippen molar-refractivity contribution in [1.82, 2.24) is 0 Å².